The molecule has 0 bridgehead atoms. The number of aryl methyl sites for hydroxylation is 1. The largest absolute Gasteiger partial charge is 0.464 e. The molecule has 1 N–H and O–H groups in total. The normalized spacial score (nSPS) is 11.1. The summed E-state index contributed by atoms with van der Waals surface area (Å²) < 4.78 is 5.49. The lowest BCUT2D eigenvalue weighted by atomic mass is 10.1. The van der Waals surface area contributed by atoms with Gasteiger partial charge in [-0.3, -0.25) is 0 Å². The molecule has 0 aliphatic carbocycles. The fraction of sp³-hybridized carbons (Fsp3) is 0.385. The van der Waals surface area contributed by atoms with Crippen LogP contribution < -0.4 is 5.32 Å². The molecule has 0 fully saturated rings. The molecular weight excluding hydrogens is 186 g/mol. The lowest BCUT2D eigenvalue weighted by molar-refractivity contribution is 0.601. The Bertz CT molecular complexity index is 445. The van der Waals surface area contributed by atoms with Crippen LogP contribution in [0.25, 0.3) is 11.0 Å². The number of rotatable bonds is 4. The molecule has 0 saturated carbocycles. The lowest BCUT2D eigenvalue weighted by Crippen LogP contribution is -2.13. The van der Waals surface area contributed by atoms with Crippen LogP contribution in [0.3, 0.4) is 0 Å². The molecule has 0 unspecified atom stereocenters. The molecule has 1 aromatic heterocycles. The Morgan fingerprint density at radius 1 is 1.33 bits per heavy atom. The van der Waals surface area contributed by atoms with E-state index in [0.29, 0.717) is 0 Å². The Kier molecular flexibility index (Phi) is 3.07. The number of hydrogen-bond acceptors (Lipinski definition) is 2. The van der Waals surface area contributed by atoms with E-state index in [1.165, 1.54) is 16.5 Å². The lowest BCUT2D eigenvalue weighted by Gasteiger charge is -2.00. The molecule has 0 spiro atoms. The highest BCUT2D eigenvalue weighted by Crippen LogP contribution is 2.22. The van der Waals surface area contributed by atoms with E-state index in [4.69, 9.17) is 4.42 Å². The summed E-state index contributed by atoms with van der Waals surface area (Å²) in [5, 5.41) is 4.62. The molecule has 0 saturated heterocycles. The smallest absolute Gasteiger partial charge is 0.134 e. The Morgan fingerprint density at radius 2 is 2.20 bits per heavy atom. The Labute approximate surface area is 90.3 Å². The van der Waals surface area contributed by atoms with Gasteiger partial charge in [-0.05, 0) is 32.0 Å². The topological polar surface area (TPSA) is 25.2 Å². The summed E-state index contributed by atoms with van der Waals surface area (Å²) in [5.41, 5.74) is 3.51. The standard InChI is InChI=1S/C13H17NO/c1-3-6-14-8-11-9-15-13-5-4-10(2)7-12(11)13/h4-5,7,9,14H,3,6,8H2,1-2H3. The van der Waals surface area contributed by atoms with Crippen molar-refractivity contribution in [3.63, 3.8) is 0 Å². The number of furan rings is 1. The molecule has 0 radical (unpaired) electrons. The monoisotopic (exact) mass is 203 g/mol. The first kappa shape index (κ1) is 10.2. The van der Waals surface area contributed by atoms with E-state index >= 15 is 0 Å². The van der Waals surface area contributed by atoms with Gasteiger partial charge in [-0.2, -0.15) is 0 Å². The third kappa shape index (κ3) is 2.21. The van der Waals surface area contributed by atoms with Gasteiger partial charge in [0, 0.05) is 17.5 Å². The summed E-state index contributed by atoms with van der Waals surface area (Å²) >= 11 is 0. The van der Waals surface area contributed by atoms with Crippen molar-refractivity contribution in [3.8, 4) is 0 Å². The van der Waals surface area contributed by atoms with Gasteiger partial charge in [0.25, 0.3) is 0 Å². The first-order chi connectivity index (χ1) is 7.31. The van der Waals surface area contributed by atoms with Gasteiger partial charge in [0.1, 0.15) is 5.58 Å². The summed E-state index contributed by atoms with van der Waals surface area (Å²) in [6.07, 6.45) is 3.02. The van der Waals surface area contributed by atoms with Crippen LogP contribution in [0, 0.1) is 6.92 Å². The predicted molar refractivity (Wildman–Crippen MR) is 62.9 cm³/mol. The van der Waals surface area contributed by atoms with E-state index in [1.807, 2.05) is 12.3 Å². The minimum absolute atomic E-state index is 0.893. The molecule has 1 heterocycles. The van der Waals surface area contributed by atoms with Crippen molar-refractivity contribution in [2.75, 3.05) is 6.54 Å². The molecule has 2 heteroatoms. The second-order valence-electron chi connectivity index (χ2n) is 3.94. The maximum atomic E-state index is 5.49. The zero-order valence-electron chi connectivity index (χ0n) is 9.34. The minimum Gasteiger partial charge on any atom is -0.464 e. The van der Waals surface area contributed by atoms with Crippen LogP contribution in [0.1, 0.15) is 24.5 Å². The molecule has 0 amide bonds. The highest BCUT2D eigenvalue weighted by atomic mass is 16.3. The average Bonchev–Trinajstić information content (AvgIpc) is 2.62. The van der Waals surface area contributed by atoms with Gasteiger partial charge < -0.3 is 9.73 Å². The summed E-state index contributed by atoms with van der Waals surface area (Å²) in [6.45, 7) is 6.23. The van der Waals surface area contributed by atoms with Gasteiger partial charge in [0.2, 0.25) is 0 Å². The Balaban J connectivity index is 2.23. The molecule has 2 nitrogen and oxygen atoms in total. The Morgan fingerprint density at radius 3 is 3.00 bits per heavy atom. The minimum atomic E-state index is 0.893. The van der Waals surface area contributed by atoms with E-state index in [9.17, 15) is 0 Å². The van der Waals surface area contributed by atoms with Crippen molar-refractivity contribution in [3.05, 3.63) is 35.6 Å². The highest BCUT2D eigenvalue weighted by molar-refractivity contribution is 5.81. The highest BCUT2D eigenvalue weighted by Gasteiger charge is 2.04. The van der Waals surface area contributed by atoms with Crippen molar-refractivity contribution in [2.45, 2.75) is 26.8 Å². The molecule has 1 aromatic carbocycles. The number of nitrogens with one attached hydrogen (secondary N) is 1. The number of hydrogen-bond donors (Lipinski definition) is 1. The maximum absolute atomic E-state index is 5.49. The quantitative estimate of drug-likeness (QED) is 0.772. The van der Waals surface area contributed by atoms with Gasteiger partial charge in [0.05, 0.1) is 6.26 Å². The molecule has 15 heavy (non-hydrogen) atoms. The van der Waals surface area contributed by atoms with E-state index in [0.717, 1.165) is 25.1 Å². The van der Waals surface area contributed by atoms with Crippen LogP contribution in [0.2, 0.25) is 0 Å². The van der Waals surface area contributed by atoms with Gasteiger partial charge in [0.15, 0.2) is 0 Å². The first-order valence-electron chi connectivity index (χ1n) is 5.48. The second-order valence-corrected chi connectivity index (χ2v) is 3.94. The molecule has 0 aliphatic heterocycles. The summed E-state index contributed by atoms with van der Waals surface area (Å²) in [7, 11) is 0. The van der Waals surface area contributed by atoms with E-state index in [1.54, 1.807) is 0 Å². The zero-order chi connectivity index (χ0) is 10.7. The van der Waals surface area contributed by atoms with Crippen molar-refractivity contribution >= 4 is 11.0 Å². The SMILES string of the molecule is CCCNCc1coc2ccc(C)cc12. The van der Waals surface area contributed by atoms with E-state index in [-0.39, 0.29) is 0 Å². The summed E-state index contributed by atoms with van der Waals surface area (Å²) in [5.74, 6) is 0. The predicted octanol–water partition coefficient (Wildman–Crippen LogP) is 3.24. The zero-order valence-corrected chi connectivity index (χ0v) is 9.34. The first-order valence-corrected chi connectivity index (χ1v) is 5.48. The fourth-order valence-corrected chi connectivity index (χ4v) is 1.73. The Hall–Kier alpha value is -1.28. The van der Waals surface area contributed by atoms with Crippen molar-refractivity contribution < 1.29 is 4.42 Å². The van der Waals surface area contributed by atoms with Crippen LogP contribution in [0.4, 0.5) is 0 Å². The van der Waals surface area contributed by atoms with Crippen LogP contribution in [-0.2, 0) is 6.54 Å². The van der Waals surface area contributed by atoms with Crippen molar-refractivity contribution in [2.24, 2.45) is 0 Å². The molecule has 2 aromatic rings. The average molecular weight is 203 g/mol. The second kappa shape index (κ2) is 4.49. The van der Waals surface area contributed by atoms with Crippen LogP contribution in [0.15, 0.2) is 28.9 Å². The van der Waals surface area contributed by atoms with Crippen LogP contribution in [0.5, 0.6) is 0 Å². The van der Waals surface area contributed by atoms with Gasteiger partial charge in [-0.25, -0.2) is 0 Å². The molecule has 0 atom stereocenters. The van der Waals surface area contributed by atoms with Gasteiger partial charge in [-0.1, -0.05) is 18.6 Å². The molecular formula is C13H17NO. The van der Waals surface area contributed by atoms with Crippen LogP contribution in [-0.4, -0.2) is 6.54 Å². The maximum Gasteiger partial charge on any atom is 0.134 e. The number of fused-ring (bicyclic) bond motifs is 1. The van der Waals surface area contributed by atoms with Crippen LogP contribution >= 0.6 is 0 Å². The molecule has 0 aliphatic rings. The third-order valence-electron chi connectivity index (χ3n) is 2.55. The van der Waals surface area contributed by atoms with Crippen molar-refractivity contribution in [1.82, 2.24) is 5.32 Å². The van der Waals surface area contributed by atoms with Gasteiger partial charge in [-0.15, -0.1) is 0 Å². The van der Waals surface area contributed by atoms with E-state index in [2.05, 4.69) is 31.3 Å². The number of benzene rings is 1. The van der Waals surface area contributed by atoms with Crippen molar-refractivity contribution in [1.29, 1.82) is 0 Å². The van der Waals surface area contributed by atoms with Gasteiger partial charge >= 0.3 is 0 Å². The summed E-state index contributed by atoms with van der Waals surface area (Å²) in [6, 6.07) is 6.30. The fourth-order valence-electron chi connectivity index (χ4n) is 1.73. The molecule has 2 rings (SSSR count). The third-order valence-corrected chi connectivity index (χ3v) is 2.55. The molecule has 80 valence electrons. The van der Waals surface area contributed by atoms with E-state index < -0.39 is 0 Å². The summed E-state index contributed by atoms with van der Waals surface area (Å²) in [4.78, 5) is 0.